The lowest BCUT2D eigenvalue weighted by Crippen LogP contribution is -2.41. The number of unbranched alkanes of at least 4 members (excludes halogenated alkanes) is 2. The molecule has 0 aromatic carbocycles. The number of hydrogen-bond donors (Lipinski definition) is 1. The number of aliphatic hydroxyl groups is 1. The topological polar surface area (TPSA) is 23.5 Å². The van der Waals surface area contributed by atoms with Crippen molar-refractivity contribution in [3.05, 3.63) is 22.4 Å². The summed E-state index contributed by atoms with van der Waals surface area (Å²) in [6, 6.07) is 2.23. The molecule has 0 spiro atoms. The van der Waals surface area contributed by atoms with E-state index in [2.05, 4.69) is 28.7 Å². The molecule has 1 fully saturated rings. The summed E-state index contributed by atoms with van der Waals surface area (Å²) in [5, 5.41) is 14.0. The number of rotatable bonds is 6. The largest absolute Gasteiger partial charge is 0.396 e. The van der Waals surface area contributed by atoms with Gasteiger partial charge in [-0.3, -0.25) is 0 Å². The Balaban J connectivity index is 1.87. The van der Waals surface area contributed by atoms with Crippen molar-refractivity contribution >= 4 is 11.3 Å². The minimum absolute atomic E-state index is 0.324. The van der Waals surface area contributed by atoms with Crippen LogP contribution in [0.4, 0.5) is 0 Å². The lowest BCUT2D eigenvalue weighted by atomic mass is 9.82. The van der Waals surface area contributed by atoms with Crippen LogP contribution in [0.15, 0.2) is 16.8 Å². The molecule has 2 nitrogen and oxygen atoms in total. The van der Waals surface area contributed by atoms with Gasteiger partial charge in [-0.05, 0) is 54.2 Å². The maximum absolute atomic E-state index is 9.63. The van der Waals surface area contributed by atoms with Gasteiger partial charge in [-0.1, -0.05) is 19.8 Å². The van der Waals surface area contributed by atoms with E-state index >= 15 is 0 Å². The van der Waals surface area contributed by atoms with Gasteiger partial charge in [0.15, 0.2) is 0 Å². The fourth-order valence-electron chi connectivity index (χ4n) is 3.01. The minimum atomic E-state index is 0.324. The van der Waals surface area contributed by atoms with Crippen molar-refractivity contribution in [3.63, 3.8) is 0 Å². The summed E-state index contributed by atoms with van der Waals surface area (Å²) < 4.78 is 0. The monoisotopic (exact) mass is 267 g/mol. The first-order valence-corrected chi connectivity index (χ1v) is 8.14. The van der Waals surface area contributed by atoms with Crippen LogP contribution in [0.1, 0.15) is 44.1 Å². The molecule has 3 heteroatoms. The number of likely N-dealkylation sites (tertiary alicyclic amines) is 1. The molecule has 1 N–H and O–H groups in total. The Hall–Kier alpha value is -0.380. The number of piperidine rings is 1. The van der Waals surface area contributed by atoms with Gasteiger partial charge in [0, 0.05) is 19.1 Å². The van der Waals surface area contributed by atoms with Crippen LogP contribution < -0.4 is 0 Å². The van der Waals surface area contributed by atoms with E-state index in [1.165, 1.54) is 44.3 Å². The molecule has 1 aromatic heterocycles. The van der Waals surface area contributed by atoms with Crippen LogP contribution in [0, 0.1) is 5.92 Å². The highest BCUT2D eigenvalue weighted by Crippen LogP contribution is 2.33. The molecule has 1 aliphatic rings. The number of aliphatic hydroxyl groups excluding tert-OH is 1. The van der Waals surface area contributed by atoms with E-state index in [0.717, 1.165) is 6.54 Å². The van der Waals surface area contributed by atoms with Crippen LogP contribution in [0.2, 0.25) is 0 Å². The van der Waals surface area contributed by atoms with Gasteiger partial charge in [0.25, 0.3) is 0 Å². The van der Waals surface area contributed by atoms with Crippen molar-refractivity contribution in [1.29, 1.82) is 0 Å². The normalized spacial score (nSPS) is 25.4. The predicted molar refractivity (Wildman–Crippen MR) is 78.2 cm³/mol. The zero-order chi connectivity index (χ0) is 12.8. The number of thiophene rings is 1. The Morgan fingerprint density at radius 1 is 1.44 bits per heavy atom. The highest BCUT2D eigenvalue weighted by molar-refractivity contribution is 7.07. The third kappa shape index (κ3) is 3.56. The molecular weight excluding hydrogens is 242 g/mol. The molecule has 1 aliphatic heterocycles. The molecule has 2 atom stereocenters. The highest BCUT2D eigenvalue weighted by Gasteiger charge is 2.29. The van der Waals surface area contributed by atoms with Crippen LogP contribution in [-0.2, 0) is 0 Å². The third-order valence-electron chi connectivity index (χ3n) is 4.10. The molecule has 2 heterocycles. The van der Waals surface area contributed by atoms with E-state index in [-0.39, 0.29) is 0 Å². The molecule has 2 unspecified atom stereocenters. The van der Waals surface area contributed by atoms with Crippen LogP contribution in [0.5, 0.6) is 0 Å². The zero-order valence-electron chi connectivity index (χ0n) is 11.3. The summed E-state index contributed by atoms with van der Waals surface area (Å²) in [6.07, 6.45) is 5.12. The van der Waals surface area contributed by atoms with E-state index in [1.54, 1.807) is 11.3 Å². The van der Waals surface area contributed by atoms with Crippen molar-refractivity contribution in [2.75, 3.05) is 26.2 Å². The Kier molecular flexibility index (Phi) is 5.67. The first-order chi connectivity index (χ1) is 8.85. The van der Waals surface area contributed by atoms with Gasteiger partial charge in [0.1, 0.15) is 0 Å². The molecule has 0 aliphatic carbocycles. The van der Waals surface area contributed by atoms with Gasteiger partial charge in [-0.15, -0.1) is 0 Å². The van der Waals surface area contributed by atoms with Gasteiger partial charge < -0.3 is 10.0 Å². The van der Waals surface area contributed by atoms with Gasteiger partial charge >= 0.3 is 0 Å². The standard InChI is InChI=1S/C15H25NOS/c1-2-3-4-7-16-8-5-15(14(10-16)11-17)13-6-9-18-12-13/h6,9,12,14-15,17H,2-5,7-8,10-11H2,1H3. The highest BCUT2D eigenvalue weighted by atomic mass is 32.1. The predicted octanol–water partition coefficient (Wildman–Crippen LogP) is 3.34. The van der Waals surface area contributed by atoms with Gasteiger partial charge in [0.2, 0.25) is 0 Å². The average Bonchev–Trinajstić information content (AvgIpc) is 2.92. The van der Waals surface area contributed by atoms with E-state index in [1.807, 2.05) is 0 Å². The summed E-state index contributed by atoms with van der Waals surface area (Å²) in [7, 11) is 0. The van der Waals surface area contributed by atoms with Crippen molar-refractivity contribution in [2.24, 2.45) is 5.92 Å². The molecule has 18 heavy (non-hydrogen) atoms. The molecule has 1 saturated heterocycles. The van der Waals surface area contributed by atoms with Crippen molar-refractivity contribution in [2.45, 2.75) is 38.5 Å². The van der Waals surface area contributed by atoms with Gasteiger partial charge in [0.05, 0.1) is 0 Å². The van der Waals surface area contributed by atoms with E-state index in [4.69, 9.17) is 0 Å². The summed E-state index contributed by atoms with van der Waals surface area (Å²) in [5.74, 6) is 0.999. The quantitative estimate of drug-likeness (QED) is 0.799. The van der Waals surface area contributed by atoms with E-state index < -0.39 is 0 Å². The third-order valence-corrected chi connectivity index (χ3v) is 4.80. The number of nitrogens with zero attached hydrogens (tertiary/aromatic N) is 1. The maximum atomic E-state index is 9.63. The van der Waals surface area contributed by atoms with Crippen LogP contribution in [0.3, 0.4) is 0 Å². The summed E-state index contributed by atoms with van der Waals surface area (Å²) in [4.78, 5) is 2.54. The van der Waals surface area contributed by atoms with Crippen molar-refractivity contribution in [3.8, 4) is 0 Å². The maximum Gasteiger partial charge on any atom is 0.0477 e. The van der Waals surface area contributed by atoms with Gasteiger partial charge in [-0.25, -0.2) is 0 Å². The molecule has 0 radical (unpaired) electrons. The van der Waals surface area contributed by atoms with Gasteiger partial charge in [-0.2, -0.15) is 11.3 Å². The second kappa shape index (κ2) is 7.27. The molecule has 0 saturated carbocycles. The Bertz CT molecular complexity index is 325. The SMILES string of the molecule is CCCCCN1CCC(c2ccsc2)C(CO)C1. The molecule has 0 amide bonds. The molecular formula is C15H25NOS. The summed E-state index contributed by atoms with van der Waals surface area (Å²) >= 11 is 1.77. The minimum Gasteiger partial charge on any atom is -0.396 e. The first kappa shape index (κ1) is 14.0. The fourth-order valence-corrected chi connectivity index (χ4v) is 3.73. The molecule has 102 valence electrons. The van der Waals surface area contributed by atoms with Crippen molar-refractivity contribution in [1.82, 2.24) is 4.90 Å². The second-order valence-electron chi connectivity index (χ2n) is 5.40. The van der Waals surface area contributed by atoms with Crippen LogP contribution in [-0.4, -0.2) is 36.2 Å². The Morgan fingerprint density at radius 3 is 3.00 bits per heavy atom. The molecule has 2 rings (SSSR count). The second-order valence-corrected chi connectivity index (χ2v) is 6.18. The zero-order valence-corrected chi connectivity index (χ0v) is 12.2. The van der Waals surface area contributed by atoms with Crippen molar-refractivity contribution < 1.29 is 5.11 Å². The molecule has 1 aromatic rings. The van der Waals surface area contributed by atoms with E-state index in [0.29, 0.717) is 18.4 Å². The summed E-state index contributed by atoms with van der Waals surface area (Å²) in [5.41, 5.74) is 1.44. The van der Waals surface area contributed by atoms with Crippen LogP contribution in [0.25, 0.3) is 0 Å². The molecule has 0 bridgehead atoms. The average molecular weight is 267 g/mol. The number of hydrogen-bond acceptors (Lipinski definition) is 3. The Labute approximate surface area is 115 Å². The first-order valence-electron chi connectivity index (χ1n) is 7.20. The smallest absolute Gasteiger partial charge is 0.0477 e. The Morgan fingerprint density at radius 2 is 2.33 bits per heavy atom. The lowest BCUT2D eigenvalue weighted by Gasteiger charge is -2.37. The fraction of sp³-hybridized carbons (Fsp3) is 0.733. The lowest BCUT2D eigenvalue weighted by molar-refractivity contribution is 0.101. The van der Waals surface area contributed by atoms with Crippen LogP contribution >= 0.6 is 11.3 Å². The summed E-state index contributed by atoms with van der Waals surface area (Å²) in [6.45, 7) is 6.05. The van der Waals surface area contributed by atoms with E-state index in [9.17, 15) is 5.11 Å².